The number of esters is 4. The van der Waals surface area contributed by atoms with Crippen molar-refractivity contribution in [1.82, 2.24) is 0 Å². The summed E-state index contributed by atoms with van der Waals surface area (Å²) >= 11 is 0. The van der Waals surface area contributed by atoms with Crippen LogP contribution in [0.15, 0.2) is 0 Å². The standard InChI is InChI=1S/C92H180O17P2/c1-7-10-12-14-16-18-19-20-21-22-23-24-25-26-30-35-40-45-51-57-63-69-75-90(95)103-81-88(109-92(97)76-70-64-58-52-46-41-36-31-28-27-29-34-39-44-50-55-61-67-73-85(6)9-3)83-107-111(100,101)105-79-86(93)78-104-110(98,99)106-82-87(80-102-89(94)74-68-62-56-48-17-15-13-11-8-2)108-91(96)77-71-65-59-53-47-42-37-32-33-38-43-49-54-60-66-72-84(4)5/h84-88,93H,7-83H2,1-6H3,(H,98,99)(H,100,101)/t85?,86-,87+,88+/m0/s1. The van der Waals surface area contributed by atoms with Crippen LogP contribution in [0, 0.1) is 11.8 Å². The topological polar surface area (TPSA) is 237 Å². The van der Waals surface area contributed by atoms with E-state index in [9.17, 15) is 43.2 Å². The Morgan fingerprint density at radius 2 is 0.459 bits per heavy atom. The van der Waals surface area contributed by atoms with Crippen molar-refractivity contribution >= 4 is 39.5 Å². The molecule has 3 unspecified atom stereocenters. The lowest BCUT2D eigenvalue weighted by Crippen LogP contribution is -2.30. The lowest BCUT2D eigenvalue weighted by Gasteiger charge is -2.21. The van der Waals surface area contributed by atoms with Gasteiger partial charge < -0.3 is 33.8 Å². The Labute approximate surface area is 683 Å². The summed E-state index contributed by atoms with van der Waals surface area (Å²) < 4.78 is 69.0. The van der Waals surface area contributed by atoms with Gasteiger partial charge in [-0.3, -0.25) is 37.3 Å². The lowest BCUT2D eigenvalue weighted by molar-refractivity contribution is -0.161. The number of hydrogen-bond donors (Lipinski definition) is 3. The van der Waals surface area contributed by atoms with Gasteiger partial charge in [0, 0.05) is 25.7 Å². The summed E-state index contributed by atoms with van der Waals surface area (Å²) in [5.74, 6) is -0.423. The molecule has 111 heavy (non-hydrogen) atoms. The van der Waals surface area contributed by atoms with Gasteiger partial charge in [0.2, 0.25) is 0 Å². The van der Waals surface area contributed by atoms with Gasteiger partial charge in [-0.1, -0.05) is 446 Å². The molecule has 6 atom stereocenters. The van der Waals surface area contributed by atoms with Crippen LogP contribution in [0.25, 0.3) is 0 Å². The van der Waals surface area contributed by atoms with Crippen LogP contribution in [0.4, 0.5) is 0 Å². The minimum atomic E-state index is -4.97. The molecule has 0 aromatic heterocycles. The number of aliphatic hydroxyl groups excluding tert-OH is 1. The van der Waals surface area contributed by atoms with Crippen LogP contribution < -0.4 is 0 Å². The highest BCUT2D eigenvalue weighted by atomic mass is 31.2. The zero-order chi connectivity index (χ0) is 81.3. The first kappa shape index (κ1) is 109. The zero-order valence-electron chi connectivity index (χ0n) is 73.3. The maximum Gasteiger partial charge on any atom is 0.472 e. The highest BCUT2D eigenvalue weighted by Gasteiger charge is 2.31. The molecule has 0 aliphatic rings. The van der Waals surface area contributed by atoms with Crippen molar-refractivity contribution < 1.29 is 80.2 Å². The third-order valence-electron chi connectivity index (χ3n) is 22.1. The van der Waals surface area contributed by atoms with Gasteiger partial charge in [-0.15, -0.1) is 0 Å². The predicted octanol–water partition coefficient (Wildman–Crippen LogP) is 28.6. The van der Waals surface area contributed by atoms with Crippen LogP contribution in [0.3, 0.4) is 0 Å². The number of phosphoric ester groups is 2. The molecular formula is C92H180O17P2. The van der Waals surface area contributed by atoms with Crippen LogP contribution in [0.5, 0.6) is 0 Å². The van der Waals surface area contributed by atoms with Gasteiger partial charge in [-0.25, -0.2) is 9.13 Å². The summed E-state index contributed by atoms with van der Waals surface area (Å²) in [5, 5.41) is 10.7. The molecule has 0 aromatic rings. The van der Waals surface area contributed by atoms with E-state index in [4.69, 9.17) is 37.0 Å². The second-order valence-electron chi connectivity index (χ2n) is 33.8. The Morgan fingerprint density at radius 1 is 0.261 bits per heavy atom. The van der Waals surface area contributed by atoms with Gasteiger partial charge in [0.15, 0.2) is 12.2 Å². The molecule has 0 aliphatic carbocycles. The zero-order valence-corrected chi connectivity index (χ0v) is 75.1. The van der Waals surface area contributed by atoms with Crippen LogP contribution in [-0.4, -0.2) is 96.7 Å². The van der Waals surface area contributed by atoms with Gasteiger partial charge in [0.1, 0.15) is 19.3 Å². The first-order valence-corrected chi connectivity index (χ1v) is 50.5. The minimum Gasteiger partial charge on any atom is -0.462 e. The van der Waals surface area contributed by atoms with Gasteiger partial charge in [0.05, 0.1) is 26.4 Å². The molecule has 0 radical (unpaired) electrons. The highest BCUT2D eigenvalue weighted by molar-refractivity contribution is 7.47. The van der Waals surface area contributed by atoms with Crippen molar-refractivity contribution in [2.75, 3.05) is 39.6 Å². The number of unbranched alkanes of at least 4 members (excludes halogenated alkanes) is 60. The minimum absolute atomic E-state index is 0.108. The summed E-state index contributed by atoms with van der Waals surface area (Å²) in [6.07, 6.45) is 78.0. The Morgan fingerprint density at radius 3 is 0.685 bits per heavy atom. The molecule has 0 amide bonds. The number of phosphoric acid groups is 2. The van der Waals surface area contributed by atoms with Crippen LogP contribution in [-0.2, 0) is 65.4 Å². The van der Waals surface area contributed by atoms with E-state index in [-0.39, 0.29) is 25.7 Å². The number of hydrogen-bond acceptors (Lipinski definition) is 15. The van der Waals surface area contributed by atoms with Crippen LogP contribution in [0.2, 0.25) is 0 Å². The van der Waals surface area contributed by atoms with Gasteiger partial charge >= 0.3 is 39.5 Å². The normalized spacial score (nSPS) is 14.0. The molecule has 0 rings (SSSR count). The number of ether oxygens (including phenoxy) is 4. The van der Waals surface area contributed by atoms with Crippen molar-refractivity contribution in [2.45, 2.75) is 516 Å². The fourth-order valence-electron chi connectivity index (χ4n) is 14.4. The van der Waals surface area contributed by atoms with Crippen molar-refractivity contribution in [2.24, 2.45) is 11.8 Å². The largest absolute Gasteiger partial charge is 0.472 e. The third-order valence-corrected chi connectivity index (χ3v) is 24.0. The average molecular weight is 1620 g/mol. The smallest absolute Gasteiger partial charge is 0.462 e. The average Bonchev–Trinajstić information content (AvgIpc) is 0.898. The van der Waals surface area contributed by atoms with Gasteiger partial charge in [-0.05, 0) is 37.5 Å². The molecule has 0 spiro atoms. The number of carbonyl (C=O) groups is 4. The fourth-order valence-corrected chi connectivity index (χ4v) is 16.0. The summed E-state index contributed by atoms with van der Waals surface area (Å²) in [6.45, 7) is 9.78. The molecule has 0 saturated carbocycles. The van der Waals surface area contributed by atoms with Crippen molar-refractivity contribution in [3.8, 4) is 0 Å². The summed E-state index contributed by atoms with van der Waals surface area (Å²) in [5.41, 5.74) is 0. The number of carbonyl (C=O) groups excluding carboxylic acids is 4. The molecule has 0 aliphatic heterocycles. The van der Waals surface area contributed by atoms with Gasteiger partial charge in [-0.2, -0.15) is 0 Å². The van der Waals surface area contributed by atoms with Crippen molar-refractivity contribution in [3.05, 3.63) is 0 Å². The molecule has 0 aromatic carbocycles. The molecule has 3 N–H and O–H groups in total. The van der Waals surface area contributed by atoms with Gasteiger partial charge in [0.25, 0.3) is 0 Å². The SMILES string of the molecule is CCCCCCCCCCCCCCCCCCCCCCCCC(=O)OC[C@H](COP(=O)(O)OC[C@@H](O)COP(=O)(O)OC[C@@H](COC(=O)CCCCCCCCCCC)OC(=O)CCCCCCCCCCCCCCCCCC(C)C)OC(=O)CCCCCCCCCCCCCCCCCCCCC(C)CC. The molecule has 660 valence electrons. The lowest BCUT2D eigenvalue weighted by atomic mass is 9.99. The third kappa shape index (κ3) is 84.3. The van der Waals surface area contributed by atoms with E-state index >= 15 is 0 Å². The maximum atomic E-state index is 13.2. The quantitative estimate of drug-likeness (QED) is 0.0222. The molecule has 0 saturated heterocycles. The predicted molar refractivity (Wildman–Crippen MR) is 460 cm³/mol. The van der Waals surface area contributed by atoms with E-state index in [0.29, 0.717) is 25.7 Å². The summed E-state index contributed by atoms with van der Waals surface area (Å²) in [4.78, 5) is 73.4. The highest BCUT2D eigenvalue weighted by Crippen LogP contribution is 2.45. The second kappa shape index (κ2) is 83.1. The Kier molecular flexibility index (Phi) is 81.7. The molecule has 0 heterocycles. The number of aliphatic hydroxyl groups is 1. The maximum absolute atomic E-state index is 13.2. The summed E-state index contributed by atoms with van der Waals surface area (Å²) in [7, 11) is -9.93. The summed E-state index contributed by atoms with van der Waals surface area (Å²) in [6, 6.07) is 0. The Hall–Kier alpha value is -1.94. The molecule has 0 bridgehead atoms. The van der Waals surface area contributed by atoms with Crippen molar-refractivity contribution in [1.29, 1.82) is 0 Å². The number of rotatable bonds is 91. The fraction of sp³-hybridized carbons (Fsp3) is 0.957. The van der Waals surface area contributed by atoms with E-state index in [0.717, 1.165) is 102 Å². The van der Waals surface area contributed by atoms with E-state index in [1.54, 1.807) is 0 Å². The van der Waals surface area contributed by atoms with Crippen LogP contribution >= 0.6 is 15.6 Å². The van der Waals surface area contributed by atoms with E-state index in [1.807, 2.05) is 0 Å². The van der Waals surface area contributed by atoms with Crippen LogP contribution in [0.1, 0.15) is 497 Å². The molecular weight excluding hydrogens is 1440 g/mol. The second-order valence-corrected chi connectivity index (χ2v) is 36.7. The van der Waals surface area contributed by atoms with Crippen molar-refractivity contribution in [3.63, 3.8) is 0 Å². The first-order chi connectivity index (χ1) is 53.9. The Bertz CT molecular complexity index is 2120. The molecule has 19 heteroatoms. The molecule has 0 fully saturated rings. The molecule has 17 nitrogen and oxygen atoms in total. The van der Waals surface area contributed by atoms with E-state index in [1.165, 1.54) is 315 Å². The van der Waals surface area contributed by atoms with E-state index < -0.39 is 97.5 Å². The Balaban J connectivity index is 5.19. The monoisotopic (exact) mass is 1620 g/mol. The van der Waals surface area contributed by atoms with E-state index in [2.05, 4.69) is 41.5 Å². The first-order valence-electron chi connectivity index (χ1n) is 47.5.